The lowest BCUT2D eigenvalue weighted by atomic mass is 10.0. The average Bonchev–Trinajstić information content (AvgIpc) is 2.88. The molecule has 0 radical (unpaired) electrons. The molecule has 38 heavy (non-hydrogen) atoms. The lowest BCUT2D eigenvalue weighted by molar-refractivity contribution is -0.122. The van der Waals surface area contributed by atoms with E-state index in [4.69, 9.17) is 32.7 Å². The van der Waals surface area contributed by atoms with Gasteiger partial charge in [-0.25, -0.2) is 9.69 Å². The van der Waals surface area contributed by atoms with Crippen molar-refractivity contribution >= 4 is 64.4 Å². The first-order valence-corrected chi connectivity index (χ1v) is 12.0. The van der Waals surface area contributed by atoms with E-state index in [1.807, 2.05) is 0 Å². The normalized spacial score (nSPS) is 14.4. The van der Waals surface area contributed by atoms with Crippen LogP contribution in [0.15, 0.2) is 66.2 Å². The molecule has 194 valence electrons. The first-order chi connectivity index (χ1) is 18.2. The number of ether oxygens (including phenoxy) is 2. The van der Waals surface area contributed by atoms with E-state index in [1.54, 1.807) is 43.3 Å². The van der Waals surface area contributed by atoms with Crippen LogP contribution in [-0.4, -0.2) is 37.5 Å². The standard InChI is InChI=1S/C27H21Cl2N3O6/c1-15-7-8-18(29)13-21(15)32-26(35)19(25(34)31-27(32)36)12-16-11-17(28)9-10-22(16)38-14-24(33)30-20-5-3-4-6-23(20)37-2/h3-13H,14H2,1-2H3,(H,30,33)(H,31,34,36)/b19-12+. The number of carbonyl (C=O) groups is 4. The topological polar surface area (TPSA) is 114 Å². The third kappa shape index (κ3) is 5.80. The van der Waals surface area contributed by atoms with Gasteiger partial charge in [0, 0.05) is 15.6 Å². The highest BCUT2D eigenvalue weighted by Gasteiger charge is 2.37. The number of halogens is 2. The maximum Gasteiger partial charge on any atom is 0.335 e. The zero-order chi connectivity index (χ0) is 27.4. The SMILES string of the molecule is COc1ccccc1NC(=O)COc1ccc(Cl)cc1/C=C1\C(=O)NC(=O)N(c2cc(Cl)ccc2C)C1=O. The molecule has 2 N–H and O–H groups in total. The van der Waals surface area contributed by atoms with Crippen molar-refractivity contribution in [2.45, 2.75) is 6.92 Å². The lowest BCUT2D eigenvalue weighted by Crippen LogP contribution is -2.54. The molecule has 0 aliphatic carbocycles. The van der Waals surface area contributed by atoms with Crippen LogP contribution in [0.4, 0.5) is 16.2 Å². The molecule has 3 aromatic carbocycles. The van der Waals surface area contributed by atoms with Gasteiger partial charge < -0.3 is 14.8 Å². The summed E-state index contributed by atoms with van der Waals surface area (Å²) in [7, 11) is 1.49. The summed E-state index contributed by atoms with van der Waals surface area (Å²) in [5.74, 6) is -1.56. The fourth-order valence-corrected chi connectivity index (χ4v) is 4.04. The highest BCUT2D eigenvalue weighted by Crippen LogP contribution is 2.30. The smallest absolute Gasteiger partial charge is 0.335 e. The number of nitrogens with zero attached hydrogens (tertiary/aromatic N) is 1. The molecular formula is C27H21Cl2N3O6. The Morgan fingerprint density at radius 1 is 1.00 bits per heavy atom. The number of anilines is 2. The van der Waals surface area contributed by atoms with E-state index in [0.717, 1.165) is 4.90 Å². The molecule has 9 nitrogen and oxygen atoms in total. The minimum absolute atomic E-state index is 0.181. The molecule has 11 heteroatoms. The van der Waals surface area contributed by atoms with Gasteiger partial charge in [0.2, 0.25) is 0 Å². The number of benzene rings is 3. The van der Waals surface area contributed by atoms with Gasteiger partial charge >= 0.3 is 6.03 Å². The maximum absolute atomic E-state index is 13.3. The predicted molar refractivity (Wildman–Crippen MR) is 144 cm³/mol. The number of para-hydroxylation sites is 2. The van der Waals surface area contributed by atoms with Crippen molar-refractivity contribution in [1.29, 1.82) is 0 Å². The minimum atomic E-state index is -0.905. The van der Waals surface area contributed by atoms with E-state index in [1.165, 1.54) is 37.5 Å². The molecular weight excluding hydrogens is 533 g/mol. The second-order valence-electron chi connectivity index (χ2n) is 8.11. The van der Waals surface area contributed by atoms with Crippen LogP contribution in [0, 0.1) is 6.92 Å². The number of aryl methyl sites for hydroxylation is 1. The highest BCUT2D eigenvalue weighted by atomic mass is 35.5. The molecule has 0 aromatic heterocycles. The molecule has 1 aliphatic rings. The maximum atomic E-state index is 13.3. The summed E-state index contributed by atoms with van der Waals surface area (Å²) in [5, 5.41) is 5.46. The van der Waals surface area contributed by atoms with Crippen molar-refractivity contribution in [2.24, 2.45) is 0 Å². The summed E-state index contributed by atoms with van der Waals surface area (Å²) < 4.78 is 10.9. The fourth-order valence-electron chi connectivity index (χ4n) is 3.70. The highest BCUT2D eigenvalue weighted by molar-refractivity contribution is 6.40. The number of rotatable bonds is 7. The van der Waals surface area contributed by atoms with Crippen molar-refractivity contribution in [1.82, 2.24) is 5.32 Å². The van der Waals surface area contributed by atoms with E-state index in [9.17, 15) is 19.2 Å². The largest absolute Gasteiger partial charge is 0.495 e. The summed E-state index contributed by atoms with van der Waals surface area (Å²) in [6.07, 6.45) is 1.25. The van der Waals surface area contributed by atoms with Crippen LogP contribution in [0.3, 0.4) is 0 Å². The Balaban J connectivity index is 1.60. The Kier molecular flexibility index (Phi) is 7.99. The van der Waals surface area contributed by atoms with E-state index < -0.39 is 23.8 Å². The molecule has 4 rings (SSSR count). The summed E-state index contributed by atoms with van der Waals surface area (Å²) in [5.41, 5.74) is 1.20. The molecule has 0 saturated carbocycles. The lowest BCUT2D eigenvalue weighted by Gasteiger charge is -2.27. The van der Waals surface area contributed by atoms with E-state index in [-0.39, 0.29) is 29.2 Å². The first-order valence-electron chi connectivity index (χ1n) is 11.2. The van der Waals surface area contributed by atoms with Gasteiger partial charge in [0.15, 0.2) is 6.61 Å². The molecule has 0 atom stereocenters. The number of hydrogen-bond donors (Lipinski definition) is 2. The molecule has 5 amide bonds. The summed E-state index contributed by atoms with van der Waals surface area (Å²) in [4.78, 5) is 51.9. The average molecular weight is 554 g/mol. The van der Waals surface area contributed by atoms with E-state index >= 15 is 0 Å². The van der Waals surface area contributed by atoms with Crippen LogP contribution in [0.25, 0.3) is 6.08 Å². The van der Waals surface area contributed by atoms with Crippen molar-refractivity contribution < 1.29 is 28.7 Å². The molecule has 1 aliphatic heterocycles. The Morgan fingerprint density at radius 3 is 2.47 bits per heavy atom. The number of barbiturate groups is 1. The molecule has 0 spiro atoms. The third-order valence-corrected chi connectivity index (χ3v) is 6.00. The first kappa shape index (κ1) is 26.7. The molecule has 3 aromatic rings. The van der Waals surface area contributed by atoms with Gasteiger partial charge in [-0.15, -0.1) is 0 Å². The molecule has 0 unspecified atom stereocenters. The summed E-state index contributed by atoms with van der Waals surface area (Å²) >= 11 is 12.2. The van der Waals surface area contributed by atoms with Crippen LogP contribution in [0.2, 0.25) is 10.0 Å². The van der Waals surface area contributed by atoms with Crippen LogP contribution in [-0.2, 0) is 14.4 Å². The van der Waals surface area contributed by atoms with Gasteiger partial charge in [0.1, 0.15) is 17.1 Å². The molecule has 1 heterocycles. The summed E-state index contributed by atoms with van der Waals surface area (Å²) in [6, 6.07) is 15.2. The second-order valence-corrected chi connectivity index (χ2v) is 8.98. The van der Waals surface area contributed by atoms with Crippen LogP contribution in [0.5, 0.6) is 11.5 Å². The Morgan fingerprint density at radius 2 is 1.71 bits per heavy atom. The Bertz CT molecular complexity index is 1490. The number of urea groups is 1. The minimum Gasteiger partial charge on any atom is -0.495 e. The number of methoxy groups -OCH3 is 1. The van der Waals surface area contributed by atoms with Gasteiger partial charge in [-0.05, 0) is 61.0 Å². The molecule has 1 saturated heterocycles. The van der Waals surface area contributed by atoms with Crippen molar-refractivity contribution in [3.63, 3.8) is 0 Å². The van der Waals surface area contributed by atoms with Crippen molar-refractivity contribution in [2.75, 3.05) is 23.9 Å². The van der Waals surface area contributed by atoms with Gasteiger partial charge in [-0.3, -0.25) is 19.7 Å². The number of nitrogens with one attached hydrogen (secondary N) is 2. The molecule has 0 bridgehead atoms. The van der Waals surface area contributed by atoms with Crippen molar-refractivity contribution in [3.05, 3.63) is 87.4 Å². The third-order valence-electron chi connectivity index (χ3n) is 5.53. The predicted octanol–water partition coefficient (Wildman–Crippen LogP) is 4.99. The van der Waals surface area contributed by atoms with E-state index in [0.29, 0.717) is 27.0 Å². The zero-order valence-corrected chi connectivity index (χ0v) is 21.7. The van der Waals surface area contributed by atoms with Crippen LogP contribution in [0.1, 0.15) is 11.1 Å². The quantitative estimate of drug-likeness (QED) is 0.314. The van der Waals surface area contributed by atoms with Crippen LogP contribution >= 0.6 is 23.2 Å². The van der Waals surface area contributed by atoms with Gasteiger partial charge in [0.05, 0.1) is 18.5 Å². The van der Waals surface area contributed by atoms with Crippen LogP contribution < -0.4 is 25.0 Å². The van der Waals surface area contributed by atoms with Gasteiger partial charge in [-0.2, -0.15) is 0 Å². The fraction of sp³-hybridized carbons (Fsp3) is 0.111. The number of carbonyl (C=O) groups excluding carboxylic acids is 4. The number of amides is 5. The number of hydrogen-bond acceptors (Lipinski definition) is 6. The Hall–Kier alpha value is -4.34. The number of imide groups is 2. The monoisotopic (exact) mass is 553 g/mol. The van der Waals surface area contributed by atoms with Crippen molar-refractivity contribution in [3.8, 4) is 11.5 Å². The van der Waals surface area contributed by atoms with Gasteiger partial charge in [-0.1, -0.05) is 41.4 Å². The Labute approximate surface area is 227 Å². The van der Waals surface area contributed by atoms with Gasteiger partial charge in [0.25, 0.3) is 17.7 Å². The zero-order valence-electron chi connectivity index (χ0n) is 20.2. The molecule has 1 fully saturated rings. The summed E-state index contributed by atoms with van der Waals surface area (Å²) in [6.45, 7) is 1.31. The van der Waals surface area contributed by atoms with E-state index in [2.05, 4.69) is 10.6 Å². The second kappa shape index (κ2) is 11.4.